The average molecular weight is 275 g/mol. The summed E-state index contributed by atoms with van der Waals surface area (Å²) in [6, 6.07) is 7.95. The Kier molecular flexibility index (Phi) is 5.07. The molecule has 4 heteroatoms. The second-order valence-electron chi connectivity index (χ2n) is 4.53. The normalized spacial score (nSPS) is 10.6. The van der Waals surface area contributed by atoms with Gasteiger partial charge < -0.3 is 19.2 Å². The van der Waals surface area contributed by atoms with E-state index in [0.717, 1.165) is 35.8 Å². The number of ether oxygens (including phenoxy) is 2. The van der Waals surface area contributed by atoms with Gasteiger partial charge in [-0.25, -0.2) is 0 Å². The van der Waals surface area contributed by atoms with Crippen LogP contribution in [0.5, 0.6) is 11.5 Å². The Morgan fingerprint density at radius 3 is 2.75 bits per heavy atom. The fourth-order valence-electron chi connectivity index (χ4n) is 2.04. The molecule has 4 nitrogen and oxygen atoms in total. The number of furan rings is 1. The van der Waals surface area contributed by atoms with Gasteiger partial charge in [0.15, 0.2) is 11.5 Å². The van der Waals surface area contributed by atoms with E-state index < -0.39 is 0 Å². The van der Waals surface area contributed by atoms with E-state index in [1.807, 2.05) is 25.2 Å². The molecule has 20 heavy (non-hydrogen) atoms. The van der Waals surface area contributed by atoms with Crippen molar-refractivity contribution in [2.45, 2.75) is 26.5 Å². The smallest absolute Gasteiger partial charge is 0.161 e. The summed E-state index contributed by atoms with van der Waals surface area (Å²) < 4.78 is 16.6. The Labute approximate surface area is 119 Å². The first-order chi connectivity index (χ1) is 9.78. The third kappa shape index (κ3) is 3.33. The fourth-order valence-corrected chi connectivity index (χ4v) is 2.04. The molecule has 0 radical (unpaired) electrons. The summed E-state index contributed by atoms with van der Waals surface area (Å²) in [5.74, 6) is 2.32. The van der Waals surface area contributed by atoms with Crippen molar-refractivity contribution in [3.8, 4) is 11.5 Å². The molecule has 0 aliphatic carbocycles. The Hall–Kier alpha value is -1.94. The zero-order valence-electron chi connectivity index (χ0n) is 12.2. The molecule has 0 saturated heterocycles. The summed E-state index contributed by atoms with van der Waals surface area (Å²) in [6.07, 6.45) is 2.66. The van der Waals surface area contributed by atoms with E-state index in [1.54, 1.807) is 13.4 Å². The third-order valence-electron chi connectivity index (χ3n) is 3.20. The van der Waals surface area contributed by atoms with E-state index in [4.69, 9.17) is 13.9 Å². The highest BCUT2D eigenvalue weighted by atomic mass is 16.5. The van der Waals surface area contributed by atoms with Gasteiger partial charge in [0.25, 0.3) is 0 Å². The van der Waals surface area contributed by atoms with Gasteiger partial charge in [0.1, 0.15) is 12.4 Å². The monoisotopic (exact) mass is 275 g/mol. The lowest BCUT2D eigenvalue weighted by atomic mass is 10.1. The minimum Gasteiger partial charge on any atom is -0.493 e. The van der Waals surface area contributed by atoms with Crippen LogP contribution in [0.15, 0.2) is 34.9 Å². The van der Waals surface area contributed by atoms with Crippen LogP contribution in [0.3, 0.4) is 0 Å². The van der Waals surface area contributed by atoms with Gasteiger partial charge in [-0.3, -0.25) is 0 Å². The van der Waals surface area contributed by atoms with Crippen LogP contribution in [0, 0.1) is 0 Å². The van der Waals surface area contributed by atoms with Gasteiger partial charge in [-0.15, -0.1) is 0 Å². The maximum Gasteiger partial charge on any atom is 0.161 e. The van der Waals surface area contributed by atoms with Gasteiger partial charge in [0.2, 0.25) is 0 Å². The number of hydrogen-bond donors (Lipinski definition) is 1. The fraction of sp³-hybridized carbons (Fsp3) is 0.375. The molecule has 2 rings (SSSR count). The molecule has 1 aromatic heterocycles. The van der Waals surface area contributed by atoms with Crippen LogP contribution in [-0.4, -0.2) is 14.2 Å². The van der Waals surface area contributed by atoms with Crippen LogP contribution in [0.4, 0.5) is 0 Å². The van der Waals surface area contributed by atoms with Crippen molar-refractivity contribution in [1.82, 2.24) is 5.32 Å². The van der Waals surface area contributed by atoms with Gasteiger partial charge in [0, 0.05) is 12.1 Å². The van der Waals surface area contributed by atoms with Gasteiger partial charge in [-0.05, 0) is 37.2 Å². The van der Waals surface area contributed by atoms with Crippen LogP contribution in [0.1, 0.15) is 23.8 Å². The summed E-state index contributed by atoms with van der Waals surface area (Å²) in [5.41, 5.74) is 2.33. The highest BCUT2D eigenvalue weighted by Gasteiger charge is 2.09. The van der Waals surface area contributed by atoms with Crippen molar-refractivity contribution in [3.05, 3.63) is 47.4 Å². The first kappa shape index (κ1) is 14.5. The molecule has 0 unspecified atom stereocenters. The molecule has 0 aliphatic rings. The lowest BCUT2D eigenvalue weighted by molar-refractivity contribution is 0.254. The highest BCUT2D eigenvalue weighted by molar-refractivity contribution is 5.43. The summed E-state index contributed by atoms with van der Waals surface area (Å²) in [5, 5.41) is 3.11. The average Bonchev–Trinajstić information content (AvgIpc) is 2.92. The summed E-state index contributed by atoms with van der Waals surface area (Å²) in [7, 11) is 3.56. The Bertz CT molecular complexity index is 548. The maximum absolute atomic E-state index is 5.81. The molecule has 108 valence electrons. The van der Waals surface area contributed by atoms with Gasteiger partial charge >= 0.3 is 0 Å². The SMILES string of the molecule is CCc1ccc(OCc2occc2CNC)c(OC)c1. The predicted octanol–water partition coefficient (Wildman–Crippen LogP) is 3.15. The molecule has 0 saturated carbocycles. The van der Waals surface area contributed by atoms with Gasteiger partial charge in [-0.2, -0.15) is 0 Å². The second kappa shape index (κ2) is 7.01. The van der Waals surface area contributed by atoms with Crippen LogP contribution in [0.2, 0.25) is 0 Å². The molecule has 0 bridgehead atoms. The molecule has 1 N–H and O–H groups in total. The number of rotatable bonds is 7. The van der Waals surface area contributed by atoms with Crippen molar-refractivity contribution in [1.29, 1.82) is 0 Å². The van der Waals surface area contributed by atoms with E-state index in [0.29, 0.717) is 6.61 Å². The third-order valence-corrected chi connectivity index (χ3v) is 3.20. The zero-order chi connectivity index (χ0) is 14.4. The molecule has 0 spiro atoms. The number of aryl methyl sites for hydroxylation is 1. The first-order valence-corrected chi connectivity index (χ1v) is 6.78. The van der Waals surface area contributed by atoms with Crippen molar-refractivity contribution >= 4 is 0 Å². The molecule has 2 aromatic rings. The molecule has 0 fully saturated rings. The highest BCUT2D eigenvalue weighted by Crippen LogP contribution is 2.29. The molecule has 0 aliphatic heterocycles. The van der Waals surface area contributed by atoms with E-state index >= 15 is 0 Å². The quantitative estimate of drug-likeness (QED) is 0.843. The largest absolute Gasteiger partial charge is 0.493 e. The van der Waals surface area contributed by atoms with E-state index in [9.17, 15) is 0 Å². The molecule has 0 amide bonds. The second-order valence-corrected chi connectivity index (χ2v) is 4.53. The number of benzene rings is 1. The Morgan fingerprint density at radius 1 is 1.20 bits per heavy atom. The van der Waals surface area contributed by atoms with E-state index in [2.05, 4.69) is 18.3 Å². The Balaban J connectivity index is 2.08. The number of hydrogen-bond acceptors (Lipinski definition) is 4. The molecular weight excluding hydrogens is 254 g/mol. The van der Waals surface area contributed by atoms with Crippen molar-refractivity contribution in [3.63, 3.8) is 0 Å². The minimum atomic E-state index is 0.395. The molecule has 1 aromatic carbocycles. The predicted molar refractivity (Wildman–Crippen MR) is 78.2 cm³/mol. The van der Waals surface area contributed by atoms with Gasteiger partial charge in [0.05, 0.1) is 13.4 Å². The van der Waals surface area contributed by atoms with Crippen LogP contribution >= 0.6 is 0 Å². The topological polar surface area (TPSA) is 43.6 Å². The van der Waals surface area contributed by atoms with Crippen molar-refractivity contribution in [2.75, 3.05) is 14.2 Å². The lowest BCUT2D eigenvalue weighted by Crippen LogP contribution is -2.07. The van der Waals surface area contributed by atoms with E-state index in [-0.39, 0.29) is 0 Å². The molecular formula is C16H21NO3. The number of nitrogens with one attached hydrogen (secondary N) is 1. The maximum atomic E-state index is 5.81. The standard InChI is InChI=1S/C16H21NO3/c1-4-12-5-6-14(15(9-12)18-3)20-11-16-13(10-17-2)7-8-19-16/h5-9,17H,4,10-11H2,1-3H3. The molecule has 1 heterocycles. The summed E-state index contributed by atoms with van der Waals surface area (Å²) in [6.45, 7) is 3.27. The van der Waals surface area contributed by atoms with E-state index in [1.165, 1.54) is 5.56 Å². The first-order valence-electron chi connectivity index (χ1n) is 6.78. The number of methoxy groups -OCH3 is 1. The summed E-state index contributed by atoms with van der Waals surface area (Å²) >= 11 is 0. The van der Waals surface area contributed by atoms with Crippen molar-refractivity contribution < 1.29 is 13.9 Å². The lowest BCUT2D eigenvalue weighted by Gasteiger charge is -2.11. The molecule has 0 atom stereocenters. The minimum absolute atomic E-state index is 0.395. The van der Waals surface area contributed by atoms with Crippen molar-refractivity contribution in [2.24, 2.45) is 0 Å². The Morgan fingerprint density at radius 2 is 2.05 bits per heavy atom. The zero-order valence-corrected chi connectivity index (χ0v) is 12.2. The van der Waals surface area contributed by atoms with Gasteiger partial charge in [-0.1, -0.05) is 13.0 Å². The van der Waals surface area contributed by atoms with Crippen LogP contribution < -0.4 is 14.8 Å². The summed E-state index contributed by atoms with van der Waals surface area (Å²) in [4.78, 5) is 0. The van der Waals surface area contributed by atoms with Crippen LogP contribution in [-0.2, 0) is 19.6 Å². The van der Waals surface area contributed by atoms with Crippen LogP contribution in [0.25, 0.3) is 0 Å².